The minimum atomic E-state index is -0.914. The number of ketones is 1. The number of carbonyl (C=O) groups is 1. The van der Waals surface area contributed by atoms with Crippen molar-refractivity contribution < 1.29 is 38.0 Å². The van der Waals surface area contributed by atoms with Crippen molar-refractivity contribution in [3.63, 3.8) is 0 Å². The normalized spacial score (nSPS) is 13.5. The van der Waals surface area contributed by atoms with Crippen molar-refractivity contribution >= 4 is 39.1 Å². The van der Waals surface area contributed by atoms with Crippen molar-refractivity contribution in [3.8, 4) is 0 Å². The smallest absolute Gasteiger partial charge is 0.236 e. The maximum atomic E-state index is 11.8. The number of alkyl halides is 1. The van der Waals surface area contributed by atoms with Gasteiger partial charge in [-0.1, -0.05) is 64.4 Å². The summed E-state index contributed by atoms with van der Waals surface area (Å²) in [5.41, 5.74) is 8.45. The van der Waals surface area contributed by atoms with E-state index in [2.05, 4.69) is 57.2 Å². The fourth-order valence-corrected chi connectivity index (χ4v) is 8.53. The van der Waals surface area contributed by atoms with Gasteiger partial charge in [-0.2, -0.15) is 0 Å². The minimum absolute atomic E-state index is 0.0450. The molecule has 0 radical (unpaired) electrons. The number of aromatic nitrogens is 5. The summed E-state index contributed by atoms with van der Waals surface area (Å²) in [6.07, 6.45) is 14.1. The van der Waals surface area contributed by atoms with Crippen LogP contribution in [0.4, 0.5) is 0 Å². The van der Waals surface area contributed by atoms with Crippen LogP contribution >= 0.6 is 27.5 Å². The number of ether oxygens (including phenoxy) is 7. The fraction of sp³-hybridized carbons (Fsp3) is 0.533. The topological polar surface area (TPSA) is 153 Å². The fourth-order valence-electron chi connectivity index (χ4n) is 7.81. The van der Waals surface area contributed by atoms with Gasteiger partial charge in [0.05, 0.1) is 25.2 Å². The standard InChI is InChI=1S/C18H30N2O3.C14H20N2O2.C12H18BrNO2.C10H13NO.C6H6ClN/c1-4-22-18(23-5-2,17-9-8-16(3)14-19-17)15-21-13-12-20-10-6-7-11-20;1-12-4-5-13(15-10-12)14(17)11-18-9-8-16-6-2-3-7-16;1-4-15-12(9-13,16-5-2)11-7-6-10(3)8-14-11;1-4-12-9(3)10-6-5-8(2)7-11-10;1-5-2-3-6(7)8-4-5/h8-9,14H,4-7,10-13,15H2,1-3H3;4-5,10H,2-3,6-9,11H2,1H3;6-8H,4-5,9H2,1-3H3;5-7H,3-4H2,1-2H3;2-4H,1H3. The molecule has 0 amide bonds. The van der Waals surface area contributed by atoms with Crippen molar-refractivity contribution in [3.05, 3.63) is 154 Å². The van der Waals surface area contributed by atoms with Gasteiger partial charge in [0.1, 0.15) is 46.9 Å². The lowest BCUT2D eigenvalue weighted by atomic mass is 10.1. The minimum Gasteiger partial charge on any atom is -0.492 e. The Morgan fingerprint density at radius 3 is 1.32 bits per heavy atom. The van der Waals surface area contributed by atoms with E-state index in [1.807, 2.05) is 130 Å². The van der Waals surface area contributed by atoms with Crippen molar-refractivity contribution in [2.75, 3.05) is 104 Å². The molecule has 0 atom stereocenters. The number of hydrogen-bond donors (Lipinski definition) is 0. The molecule has 0 saturated carbocycles. The summed E-state index contributed by atoms with van der Waals surface area (Å²) >= 11 is 8.94. The Bertz CT molecular complexity index is 2300. The highest BCUT2D eigenvalue weighted by molar-refractivity contribution is 9.09. The molecule has 77 heavy (non-hydrogen) atoms. The van der Waals surface area contributed by atoms with E-state index in [0.717, 1.165) is 71.1 Å². The molecule has 2 saturated heterocycles. The number of pyridine rings is 5. The Morgan fingerprint density at radius 1 is 0.545 bits per heavy atom. The molecule has 0 N–H and O–H groups in total. The number of carbonyl (C=O) groups excluding carboxylic acids is 1. The number of aryl methyl sites for hydroxylation is 5. The average Bonchev–Trinajstić information content (AvgIpc) is 4.17. The third-order valence-corrected chi connectivity index (χ3v) is 12.9. The van der Waals surface area contributed by atoms with Crippen LogP contribution in [0.15, 0.2) is 98.2 Å². The molecular formula is C60H87BrClN7O8. The van der Waals surface area contributed by atoms with Crippen LogP contribution < -0.4 is 0 Å². The second kappa shape index (κ2) is 38.1. The van der Waals surface area contributed by atoms with Gasteiger partial charge < -0.3 is 43.0 Å². The van der Waals surface area contributed by atoms with Gasteiger partial charge in [0.25, 0.3) is 0 Å². The summed E-state index contributed by atoms with van der Waals surface area (Å²) in [6.45, 7) is 34.8. The average molecular weight is 1150 g/mol. The lowest BCUT2D eigenvalue weighted by Crippen LogP contribution is -2.40. The van der Waals surface area contributed by atoms with Crippen LogP contribution in [0.1, 0.15) is 116 Å². The van der Waals surface area contributed by atoms with E-state index in [4.69, 9.17) is 44.8 Å². The van der Waals surface area contributed by atoms with E-state index in [0.29, 0.717) is 74.8 Å². The predicted octanol–water partition coefficient (Wildman–Crippen LogP) is 11.9. The molecule has 2 aliphatic rings. The van der Waals surface area contributed by atoms with Gasteiger partial charge in [-0.15, -0.1) is 0 Å². The van der Waals surface area contributed by atoms with Crippen molar-refractivity contribution in [1.82, 2.24) is 34.7 Å². The first kappa shape index (κ1) is 66.7. The summed E-state index contributed by atoms with van der Waals surface area (Å²) in [4.78, 5) is 37.6. The molecule has 7 heterocycles. The Hall–Kier alpha value is -4.59. The van der Waals surface area contributed by atoms with E-state index in [-0.39, 0.29) is 12.4 Å². The van der Waals surface area contributed by atoms with Crippen molar-refractivity contribution in [2.24, 2.45) is 0 Å². The van der Waals surface area contributed by atoms with Crippen molar-refractivity contribution in [2.45, 2.75) is 106 Å². The molecule has 7 rings (SSSR count). The first-order valence-electron chi connectivity index (χ1n) is 27.0. The number of rotatable bonds is 25. The zero-order valence-corrected chi connectivity index (χ0v) is 50.0. The van der Waals surface area contributed by atoms with Crippen LogP contribution in [0.25, 0.3) is 5.76 Å². The molecule has 0 aromatic carbocycles. The van der Waals surface area contributed by atoms with E-state index >= 15 is 0 Å². The summed E-state index contributed by atoms with van der Waals surface area (Å²) in [6, 6.07) is 19.2. The van der Waals surface area contributed by atoms with Crippen molar-refractivity contribution in [1.29, 1.82) is 0 Å². The predicted molar refractivity (Wildman–Crippen MR) is 312 cm³/mol. The van der Waals surface area contributed by atoms with Gasteiger partial charge in [0, 0.05) is 70.5 Å². The van der Waals surface area contributed by atoms with Crippen LogP contribution in [0.2, 0.25) is 5.15 Å². The third-order valence-electron chi connectivity index (χ3n) is 11.9. The van der Waals surface area contributed by atoms with Crippen LogP contribution in [-0.2, 0) is 44.7 Å². The van der Waals surface area contributed by atoms with Crippen LogP contribution in [0, 0.1) is 34.6 Å². The summed E-state index contributed by atoms with van der Waals surface area (Å²) in [7, 11) is 0. The summed E-state index contributed by atoms with van der Waals surface area (Å²) in [5.74, 6) is -1.09. The monoisotopic (exact) mass is 1150 g/mol. The summed E-state index contributed by atoms with van der Waals surface area (Å²) in [5, 5.41) is 1.12. The quantitative estimate of drug-likeness (QED) is 0.0136. The largest absolute Gasteiger partial charge is 0.492 e. The molecule has 424 valence electrons. The van der Waals surface area contributed by atoms with Crippen LogP contribution in [0.3, 0.4) is 0 Å². The molecule has 2 aliphatic heterocycles. The Morgan fingerprint density at radius 2 is 0.948 bits per heavy atom. The Labute approximate surface area is 473 Å². The first-order valence-corrected chi connectivity index (χ1v) is 28.5. The Kier molecular flexibility index (Phi) is 33.0. The summed E-state index contributed by atoms with van der Waals surface area (Å²) < 4.78 is 39.9. The molecule has 0 aliphatic carbocycles. The number of hydrogen-bond acceptors (Lipinski definition) is 15. The highest BCUT2D eigenvalue weighted by Crippen LogP contribution is 2.29. The Balaban J connectivity index is 0.000000263. The number of halogens is 2. The molecule has 5 aromatic heterocycles. The highest BCUT2D eigenvalue weighted by atomic mass is 79.9. The first-order chi connectivity index (χ1) is 37.2. The lowest BCUT2D eigenvalue weighted by Gasteiger charge is -2.32. The second-order valence-electron chi connectivity index (χ2n) is 18.4. The van der Waals surface area contributed by atoms with E-state index in [1.165, 1.54) is 38.8 Å². The number of Topliss-reactive ketones (excluding diaryl/α,β-unsaturated/α-hetero) is 1. The zero-order valence-electron chi connectivity index (χ0n) is 47.7. The molecule has 0 bridgehead atoms. The van der Waals surface area contributed by atoms with Gasteiger partial charge in [-0.05, 0) is 179 Å². The van der Waals surface area contributed by atoms with E-state index < -0.39 is 11.6 Å². The van der Waals surface area contributed by atoms with Gasteiger partial charge in [0.2, 0.25) is 17.4 Å². The molecule has 0 unspecified atom stereocenters. The number of nitrogens with zero attached hydrogens (tertiary/aromatic N) is 7. The van der Waals surface area contributed by atoms with E-state index in [1.54, 1.807) is 30.7 Å². The second-order valence-corrected chi connectivity index (χ2v) is 19.3. The maximum absolute atomic E-state index is 11.8. The lowest BCUT2D eigenvalue weighted by molar-refractivity contribution is -0.269. The number of likely N-dealkylation sites (tertiary alicyclic amines) is 2. The molecule has 0 spiro atoms. The third kappa shape index (κ3) is 25.4. The molecular weight excluding hydrogens is 1060 g/mol. The van der Waals surface area contributed by atoms with Crippen LogP contribution in [0.5, 0.6) is 0 Å². The molecule has 15 nitrogen and oxygen atoms in total. The van der Waals surface area contributed by atoms with Gasteiger partial charge in [0.15, 0.2) is 0 Å². The molecule has 2 fully saturated rings. The van der Waals surface area contributed by atoms with Gasteiger partial charge in [-0.3, -0.25) is 24.7 Å². The molecule has 5 aromatic rings. The maximum Gasteiger partial charge on any atom is 0.236 e. The van der Waals surface area contributed by atoms with E-state index in [9.17, 15) is 4.79 Å². The van der Waals surface area contributed by atoms with Gasteiger partial charge >= 0.3 is 0 Å². The zero-order chi connectivity index (χ0) is 56.3. The highest BCUT2D eigenvalue weighted by Gasteiger charge is 2.36. The SMILES string of the molecule is C=C(OCC)c1ccc(C)cn1.CCOC(CBr)(OCC)c1ccc(C)cn1.CCOC(COCCN1CCCC1)(OCC)c1ccc(C)cn1.Cc1ccc(C(=O)COCCN2CCCC2)nc1.Cc1ccc(Cl)nc1. The van der Waals surface area contributed by atoms with Gasteiger partial charge in [-0.25, -0.2) is 4.98 Å². The molecule has 17 heteroatoms. The van der Waals surface area contributed by atoms with Crippen LogP contribution in [-0.4, -0.2) is 145 Å².